The molecule has 1 unspecified atom stereocenters. The number of likely N-dealkylation sites (N-methyl/N-ethyl adjacent to an activating group) is 1. The number of rotatable bonds is 5. The number of quaternary nitrogens is 1. The molecule has 0 saturated heterocycles. The summed E-state index contributed by atoms with van der Waals surface area (Å²) in [5.41, 5.74) is 1.40. The molecule has 0 spiro atoms. The van der Waals surface area contributed by atoms with Crippen molar-refractivity contribution in [1.82, 2.24) is 0 Å². The number of para-hydroxylation sites is 1. The van der Waals surface area contributed by atoms with Crippen LogP contribution in [0.3, 0.4) is 0 Å². The number of halogens is 1. The van der Waals surface area contributed by atoms with Gasteiger partial charge in [0.2, 0.25) is 0 Å². The molecule has 2 rings (SSSR count). The van der Waals surface area contributed by atoms with Crippen LogP contribution in [0.2, 0.25) is 0 Å². The Balaban J connectivity index is 1.87. The van der Waals surface area contributed by atoms with E-state index in [1.54, 1.807) is 18.2 Å². The number of nitrogens with one attached hydrogen (secondary N) is 2. The van der Waals surface area contributed by atoms with Crippen molar-refractivity contribution in [3.63, 3.8) is 0 Å². The zero-order valence-electron chi connectivity index (χ0n) is 11.4. The van der Waals surface area contributed by atoms with Crippen molar-refractivity contribution in [1.29, 1.82) is 0 Å². The van der Waals surface area contributed by atoms with E-state index in [0.717, 1.165) is 11.4 Å². The van der Waals surface area contributed by atoms with Gasteiger partial charge in [-0.15, -0.1) is 0 Å². The molecule has 0 aliphatic heterocycles. The average Bonchev–Trinajstić information content (AvgIpc) is 2.42. The molecule has 2 N–H and O–H groups in total. The lowest BCUT2D eigenvalue weighted by molar-refractivity contribution is -0.885. The standard InChI is InChI=1S/C16H17FN2O/c1-19(11-13-7-3-2-4-8-13)12-16(20)18-15-10-6-5-9-14(15)17/h2-10H,11-12H2,1H3,(H,18,20)/p+1. The smallest absolute Gasteiger partial charge is 0.279 e. The van der Waals surface area contributed by atoms with Crippen molar-refractivity contribution in [3.05, 3.63) is 66.0 Å². The summed E-state index contributed by atoms with van der Waals surface area (Å²) in [5, 5.41) is 2.59. The Morgan fingerprint density at radius 3 is 2.45 bits per heavy atom. The molecule has 0 heterocycles. The van der Waals surface area contributed by atoms with Gasteiger partial charge in [0.05, 0.1) is 12.7 Å². The summed E-state index contributed by atoms with van der Waals surface area (Å²) in [5.74, 6) is -0.606. The van der Waals surface area contributed by atoms with Crippen LogP contribution in [0.25, 0.3) is 0 Å². The normalized spacial score (nSPS) is 11.9. The van der Waals surface area contributed by atoms with Crippen LogP contribution >= 0.6 is 0 Å². The van der Waals surface area contributed by atoms with Crippen molar-refractivity contribution in [2.45, 2.75) is 6.54 Å². The van der Waals surface area contributed by atoms with Gasteiger partial charge in [0.15, 0.2) is 6.54 Å². The molecule has 0 aromatic heterocycles. The zero-order chi connectivity index (χ0) is 14.4. The molecule has 104 valence electrons. The Morgan fingerprint density at radius 2 is 1.75 bits per heavy atom. The van der Waals surface area contributed by atoms with Gasteiger partial charge in [-0.1, -0.05) is 42.5 Å². The fraction of sp³-hybridized carbons (Fsp3) is 0.188. The highest BCUT2D eigenvalue weighted by Crippen LogP contribution is 2.11. The van der Waals surface area contributed by atoms with Gasteiger partial charge in [0.25, 0.3) is 5.91 Å². The van der Waals surface area contributed by atoms with E-state index in [1.165, 1.54) is 11.6 Å². The molecule has 0 saturated carbocycles. The van der Waals surface area contributed by atoms with Gasteiger partial charge in [-0.05, 0) is 12.1 Å². The molecule has 0 fully saturated rings. The Labute approximate surface area is 118 Å². The minimum Gasteiger partial charge on any atom is -0.326 e. The molecule has 20 heavy (non-hydrogen) atoms. The fourth-order valence-corrected chi connectivity index (χ4v) is 2.04. The van der Waals surface area contributed by atoms with Crippen LogP contribution in [0, 0.1) is 5.82 Å². The van der Waals surface area contributed by atoms with Gasteiger partial charge in [-0.25, -0.2) is 4.39 Å². The van der Waals surface area contributed by atoms with Crippen LogP contribution in [0.15, 0.2) is 54.6 Å². The molecule has 2 aromatic carbocycles. The second-order valence-electron chi connectivity index (χ2n) is 4.82. The zero-order valence-corrected chi connectivity index (χ0v) is 11.4. The van der Waals surface area contributed by atoms with E-state index < -0.39 is 5.82 Å². The SMILES string of the molecule is C[NH+](CC(=O)Nc1ccccc1F)Cc1ccccc1. The summed E-state index contributed by atoms with van der Waals surface area (Å²) in [6, 6.07) is 16.1. The molecular weight excluding hydrogens is 255 g/mol. The van der Waals surface area contributed by atoms with Crippen molar-refractivity contribution >= 4 is 11.6 Å². The summed E-state index contributed by atoms with van der Waals surface area (Å²) in [6.07, 6.45) is 0. The monoisotopic (exact) mass is 273 g/mol. The highest BCUT2D eigenvalue weighted by Gasteiger charge is 2.12. The van der Waals surface area contributed by atoms with Gasteiger partial charge < -0.3 is 10.2 Å². The summed E-state index contributed by atoms with van der Waals surface area (Å²) in [7, 11) is 1.94. The molecule has 4 heteroatoms. The third-order valence-electron chi connectivity index (χ3n) is 2.96. The molecule has 0 aliphatic carbocycles. The molecule has 1 amide bonds. The van der Waals surface area contributed by atoms with Gasteiger partial charge in [0, 0.05) is 5.56 Å². The molecule has 0 radical (unpaired) electrons. The highest BCUT2D eigenvalue weighted by molar-refractivity contribution is 5.91. The van der Waals surface area contributed by atoms with E-state index in [0.29, 0.717) is 6.54 Å². The van der Waals surface area contributed by atoms with Crippen molar-refractivity contribution < 1.29 is 14.1 Å². The van der Waals surface area contributed by atoms with E-state index in [-0.39, 0.29) is 11.6 Å². The van der Waals surface area contributed by atoms with E-state index in [2.05, 4.69) is 5.32 Å². The highest BCUT2D eigenvalue weighted by atomic mass is 19.1. The Hall–Kier alpha value is -2.20. The van der Waals surface area contributed by atoms with Crippen molar-refractivity contribution in [2.24, 2.45) is 0 Å². The number of benzene rings is 2. The average molecular weight is 273 g/mol. The fourth-order valence-electron chi connectivity index (χ4n) is 2.04. The molecule has 1 atom stereocenters. The maximum Gasteiger partial charge on any atom is 0.279 e. The Morgan fingerprint density at radius 1 is 1.10 bits per heavy atom. The van der Waals surface area contributed by atoms with E-state index in [9.17, 15) is 9.18 Å². The van der Waals surface area contributed by atoms with E-state index >= 15 is 0 Å². The number of carbonyl (C=O) groups is 1. The first-order valence-corrected chi connectivity index (χ1v) is 6.55. The Kier molecular flexibility index (Phi) is 4.85. The first kappa shape index (κ1) is 14.2. The summed E-state index contributed by atoms with van der Waals surface area (Å²) >= 11 is 0. The number of amides is 1. The van der Waals surface area contributed by atoms with Gasteiger partial charge in [0.1, 0.15) is 12.4 Å². The van der Waals surface area contributed by atoms with Crippen molar-refractivity contribution in [2.75, 3.05) is 18.9 Å². The van der Waals surface area contributed by atoms with Crippen LogP contribution in [-0.4, -0.2) is 19.5 Å². The largest absolute Gasteiger partial charge is 0.326 e. The molecular formula is C16H18FN2O+. The van der Waals surface area contributed by atoms with Gasteiger partial charge in [-0.3, -0.25) is 4.79 Å². The van der Waals surface area contributed by atoms with E-state index in [1.807, 2.05) is 37.4 Å². The van der Waals surface area contributed by atoms with Crippen LogP contribution in [0.5, 0.6) is 0 Å². The lowest BCUT2D eigenvalue weighted by Crippen LogP contribution is -3.08. The second kappa shape index (κ2) is 6.82. The van der Waals surface area contributed by atoms with E-state index in [4.69, 9.17) is 0 Å². The predicted octanol–water partition coefficient (Wildman–Crippen LogP) is 1.48. The first-order chi connectivity index (χ1) is 9.65. The quantitative estimate of drug-likeness (QED) is 0.850. The minimum atomic E-state index is -0.415. The summed E-state index contributed by atoms with van der Waals surface area (Å²) < 4.78 is 13.4. The molecule has 0 bridgehead atoms. The Bertz CT molecular complexity index is 572. The molecule has 2 aromatic rings. The maximum absolute atomic E-state index is 13.4. The lowest BCUT2D eigenvalue weighted by atomic mass is 10.2. The lowest BCUT2D eigenvalue weighted by Gasteiger charge is -2.14. The maximum atomic E-state index is 13.4. The number of hydrogen-bond donors (Lipinski definition) is 2. The van der Waals surface area contributed by atoms with Crippen LogP contribution in [0.4, 0.5) is 10.1 Å². The number of carbonyl (C=O) groups excluding carboxylic acids is 1. The van der Waals surface area contributed by atoms with Gasteiger partial charge in [-0.2, -0.15) is 0 Å². The van der Waals surface area contributed by atoms with Crippen LogP contribution < -0.4 is 10.2 Å². The predicted molar refractivity (Wildman–Crippen MR) is 76.9 cm³/mol. The summed E-state index contributed by atoms with van der Waals surface area (Å²) in [4.78, 5) is 12.9. The first-order valence-electron chi connectivity index (χ1n) is 6.55. The number of hydrogen-bond acceptors (Lipinski definition) is 1. The van der Waals surface area contributed by atoms with Gasteiger partial charge >= 0.3 is 0 Å². The van der Waals surface area contributed by atoms with Crippen LogP contribution in [0.1, 0.15) is 5.56 Å². The third kappa shape index (κ3) is 4.17. The topological polar surface area (TPSA) is 33.5 Å². The molecule has 0 aliphatic rings. The third-order valence-corrected chi connectivity index (χ3v) is 2.96. The number of anilines is 1. The van der Waals surface area contributed by atoms with Crippen molar-refractivity contribution in [3.8, 4) is 0 Å². The van der Waals surface area contributed by atoms with Crippen LogP contribution in [-0.2, 0) is 11.3 Å². The minimum absolute atomic E-state index is 0.191. The molecule has 3 nitrogen and oxygen atoms in total. The summed E-state index contributed by atoms with van der Waals surface area (Å²) in [6.45, 7) is 1.05. The second-order valence-corrected chi connectivity index (χ2v) is 4.82.